The highest BCUT2D eigenvalue weighted by Crippen LogP contribution is 2.60. The fourth-order valence-corrected chi connectivity index (χ4v) is 9.25. The van der Waals surface area contributed by atoms with Crippen molar-refractivity contribution in [1.29, 1.82) is 0 Å². The Bertz CT molecular complexity index is 619. The summed E-state index contributed by atoms with van der Waals surface area (Å²) >= 11 is 0. The summed E-state index contributed by atoms with van der Waals surface area (Å²) in [6.07, 6.45) is 12.2. The largest absolute Gasteiger partial charge is 0.438 e. The molecule has 162 valence electrons. The third-order valence-corrected chi connectivity index (χ3v) is 10.1. The summed E-state index contributed by atoms with van der Waals surface area (Å²) in [5, 5.41) is 0. The number of hydrogen-bond acceptors (Lipinski definition) is 4. The first kappa shape index (κ1) is 19.1. The molecule has 4 heteroatoms. The van der Waals surface area contributed by atoms with Gasteiger partial charge in [-0.2, -0.15) is 0 Å². The molecule has 0 aromatic carbocycles. The van der Waals surface area contributed by atoms with Crippen molar-refractivity contribution in [3.63, 3.8) is 0 Å². The van der Waals surface area contributed by atoms with Crippen LogP contribution in [0.5, 0.6) is 0 Å². The Morgan fingerprint density at radius 2 is 1.52 bits per heavy atom. The van der Waals surface area contributed by atoms with Crippen molar-refractivity contribution >= 4 is 5.97 Å². The van der Waals surface area contributed by atoms with Gasteiger partial charge in [-0.3, -0.25) is 4.79 Å². The number of fused-ring (bicyclic) bond motifs is 5. The van der Waals surface area contributed by atoms with Gasteiger partial charge in [0.05, 0.1) is 24.2 Å². The van der Waals surface area contributed by atoms with Gasteiger partial charge in [0.15, 0.2) is 6.79 Å². The van der Waals surface area contributed by atoms with Gasteiger partial charge in [-0.1, -0.05) is 26.7 Å². The van der Waals surface area contributed by atoms with Gasteiger partial charge in [0, 0.05) is 0 Å². The number of ether oxygens (including phenoxy) is 3. The molecule has 0 aromatic heterocycles. The minimum atomic E-state index is -0.0620. The third-order valence-electron chi connectivity index (χ3n) is 10.1. The number of hydrogen-bond donors (Lipinski definition) is 0. The summed E-state index contributed by atoms with van der Waals surface area (Å²) in [4.78, 5) is 12.9. The summed E-state index contributed by atoms with van der Waals surface area (Å²) in [5.41, 5.74) is 0. The fourth-order valence-electron chi connectivity index (χ4n) is 9.25. The Morgan fingerprint density at radius 1 is 0.862 bits per heavy atom. The normalized spacial score (nSPS) is 54.1. The molecule has 7 fully saturated rings. The molecule has 7 unspecified atom stereocenters. The molecule has 2 aliphatic heterocycles. The fraction of sp³-hybridized carbons (Fsp3) is 0.960. The molecule has 2 saturated heterocycles. The van der Waals surface area contributed by atoms with Gasteiger partial charge in [0.2, 0.25) is 0 Å². The zero-order valence-corrected chi connectivity index (χ0v) is 18.1. The Morgan fingerprint density at radius 3 is 2.17 bits per heavy atom. The van der Waals surface area contributed by atoms with Crippen molar-refractivity contribution in [2.45, 2.75) is 89.9 Å². The molecule has 29 heavy (non-hydrogen) atoms. The van der Waals surface area contributed by atoms with Crippen LogP contribution in [0.1, 0.15) is 71.6 Å². The SMILES string of the molecule is CCC1CC(CC)C2C3OC(CC3C(=O)OCOC3C4CC5CC(C4)CC3C5)C12. The monoisotopic (exact) mass is 402 g/mol. The predicted octanol–water partition coefficient (Wildman–Crippen LogP) is 4.80. The summed E-state index contributed by atoms with van der Waals surface area (Å²) in [7, 11) is 0. The molecule has 0 aromatic rings. The van der Waals surface area contributed by atoms with E-state index in [1.54, 1.807) is 0 Å². The Balaban J connectivity index is 1.05. The molecule has 0 N–H and O–H groups in total. The molecule has 0 amide bonds. The van der Waals surface area contributed by atoms with Gasteiger partial charge in [-0.25, -0.2) is 0 Å². The molecule has 6 bridgehead atoms. The maximum absolute atomic E-state index is 12.9. The van der Waals surface area contributed by atoms with Crippen molar-refractivity contribution in [3.8, 4) is 0 Å². The van der Waals surface area contributed by atoms with Crippen LogP contribution in [0.15, 0.2) is 0 Å². The standard InChI is InChI=1S/C25H38O4/c1-3-15-10-16(4-2)22-21(15)20-11-19(24(22)29-20)25(26)28-12-27-23-17-6-13-5-14(8-17)9-18(23)7-13/h13-24H,3-12H2,1-2H3. The van der Waals surface area contributed by atoms with Gasteiger partial charge < -0.3 is 14.2 Å². The topological polar surface area (TPSA) is 44.8 Å². The Kier molecular flexibility index (Phi) is 4.76. The zero-order chi connectivity index (χ0) is 19.7. The lowest BCUT2D eigenvalue weighted by Crippen LogP contribution is -2.49. The van der Waals surface area contributed by atoms with E-state index in [-0.39, 0.29) is 30.9 Å². The molecule has 5 saturated carbocycles. The van der Waals surface area contributed by atoms with Crippen LogP contribution < -0.4 is 0 Å². The van der Waals surface area contributed by atoms with Crippen molar-refractivity contribution in [1.82, 2.24) is 0 Å². The third kappa shape index (κ3) is 2.95. The molecule has 7 rings (SSSR count). The van der Waals surface area contributed by atoms with E-state index in [4.69, 9.17) is 14.2 Å². The maximum Gasteiger partial charge on any atom is 0.313 e. The van der Waals surface area contributed by atoms with E-state index in [9.17, 15) is 4.79 Å². The second kappa shape index (κ2) is 7.22. The summed E-state index contributed by atoms with van der Waals surface area (Å²) < 4.78 is 18.3. The first-order chi connectivity index (χ1) is 14.2. The number of esters is 1. The second-order valence-corrected chi connectivity index (χ2v) is 11.4. The minimum Gasteiger partial charge on any atom is -0.438 e. The first-order valence-corrected chi connectivity index (χ1v) is 12.6. The summed E-state index contributed by atoms with van der Waals surface area (Å²) in [6, 6.07) is 0. The summed E-state index contributed by atoms with van der Waals surface area (Å²) in [6.45, 7) is 4.78. The Labute approximate surface area is 175 Å². The van der Waals surface area contributed by atoms with Crippen LogP contribution in [0.4, 0.5) is 0 Å². The molecule has 7 aliphatic rings. The highest BCUT2D eigenvalue weighted by atomic mass is 16.7. The van der Waals surface area contributed by atoms with E-state index in [0.717, 1.165) is 30.1 Å². The van der Waals surface area contributed by atoms with Crippen molar-refractivity contribution in [3.05, 3.63) is 0 Å². The van der Waals surface area contributed by atoms with E-state index in [2.05, 4.69) is 13.8 Å². The highest BCUT2D eigenvalue weighted by Gasteiger charge is 2.62. The van der Waals surface area contributed by atoms with Crippen LogP contribution in [0, 0.1) is 53.3 Å². The number of carbonyl (C=O) groups is 1. The van der Waals surface area contributed by atoms with E-state index < -0.39 is 0 Å². The summed E-state index contributed by atoms with van der Waals surface area (Å²) in [5.74, 6) is 5.97. The quantitative estimate of drug-likeness (QED) is 0.473. The van der Waals surface area contributed by atoms with Crippen LogP contribution in [-0.4, -0.2) is 31.1 Å². The number of rotatable bonds is 6. The smallest absolute Gasteiger partial charge is 0.313 e. The van der Waals surface area contributed by atoms with E-state index in [1.165, 1.54) is 51.4 Å². The zero-order valence-electron chi connectivity index (χ0n) is 18.1. The van der Waals surface area contributed by atoms with Crippen molar-refractivity contribution < 1.29 is 19.0 Å². The lowest BCUT2D eigenvalue weighted by Gasteiger charge is -2.53. The van der Waals surface area contributed by atoms with Gasteiger partial charge in [0.25, 0.3) is 0 Å². The molecule has 0 radical (unpaired) electrons. The van der Waals surface area contributed by atoms with Crippen LogP contribution in [0.25, 0.3) is 0 Å². The van der Waals surface area contributed by atoms with Crippen LogP contribution >= 0.6 is 0 Å². The maximum atomic E-state index is 12.9. The lowest BCUT2D eigenvalue weighted by atomic mass is 9.55. The second-order valence-electron chi connectivity index (χ2n) is 11.4. The Hall–Kier alpha value is -0.610. The molecule has 2 heterocycles. The minimum absolute atomic E-state index is 0.0606. The average Bonchev–Trinajstić information content (AvgIpc) is 3.39. The molecular formula is C25H38O4. The highest BCUT2D eigenvalue weighted by molar-refractivity contribution is 5.74. The van der Waals surface area contributed by atoms with Gasteiger partial charge in [0.1, 0.15) is 0 Å². The van der Waals surface area contributed by atoms with Crippen LogP contribution in [0.3, 0.4) is 0 Å². The van der Waals surface area contributed by atoms with E-state index in [1.807, 2.05) is 0 Å². The van der Waals surface area contributed by atoms with Gasteiger partial charge in [-0.15, -0.1) is 0 Å². The molecule has 0 spiro atoms. The van der Waals surface area contributed by atoms with Crippen LogP contribution in [0.2, 0.25) is 0 Å². The van der Waals surface area contributed by atoms with E-state index >= 15 is 0 Å². The molecule has 4 nitrogen and oxygen atoms in total. The van der Waals surface area contributed by atoms with Crippen LogP contribution in [-0.2, 0) is 19.0 Å². The van der Waals surface area contributed by atoms with E-state index in [0.29, 0.717) is 29.8 Å². The predicted molar refractivity (Wildman–Crippen MR) is 109 cm³/mol. The average molecular weight is 403 g/mol. The molecule has 7 atom stereocenters. The molecule has 5 aliphatic carbocycles. The first-order valence-electron chi connectivity index (χ1n) is 12.6. The lowest BCUT2D eigenvalue weighted by molar-refractivity contribution is -0.191. The number of carbonyl (C=O) groups excluding carboxylic acids is 1. The van der Waals surface area contributed by atoms with Gasteiger partial charge >= 0.3 is 5.97 Å². The van der Waals surface area contributed by atoms with Crippen molar-refractivity contribution in [2.24, 2.45) is 53.3 Å². The van der Waals surface area contributed by atoms with Gasteiger partial charge in [-0.05, 0) is 92.3 Å². The molecular weight excluding hydrogens is 364 g/mol. The van der Waals surface area contributed by atoms with Crippen molar-refractivity contribution in [2.75, 3.05) is 6.79 Å².